The molecule has 0 N–H and O–H groups in total. The fourth-order valence-electron chi connectivity index (χ4n) is 1.55. The molecule has 0 aliphatic rings. The molecule has 6 nitrogen and oxygen atoms in total. The summed E-state index contributed by atoms with van der Waals surface area (Å²) in [6.07, 6.45) is 0.634. The minimum Gasteiger partial charge on any atom is -0.264 e. The second-order valence-corrected chi connectivity index (χ2v) is 3.44. The Morgan fingerprint density at radius 3 is 2.19 bits per heavy atom. The van der Waals surface area contributed by atoms with Crippen molar-refractivity contribution in [2.24, 2.45) is 0 Å². The minimum atomic E-state index is -0.415. The Bertz CT molecular complexity index is 417. The average molecular weight is 224 g/mol. The van der Waals surface area contributed by atoms with Crippen LogP contribution in [-0.2, 0) is 19.5 Å². The third-order valence-corrected chi connectivity index (χ3v) is 2.26. The number of nitro groups is 2. The van der Waals surface area contributed by atoms with E-state index in [1.54, 1.807) is 18.2 Å². The quantitative estimate of drug-likeness (QED) is 0.563. The van der Waals surface area contributed by atoms with Gasteiger partial charge >= 0.3 is 0 Å². The molecule has 0 fully saturated rings. The summed E-state index contributed by atoms with van der Waals surface area (Å²) in [5.74, 6) is 0. The summed E-state index contributed by atoms with van der Waals surface area (Å²) in [5.41, 5.74) is 2.00. The molecule has 0 radical (unpaired) electrons. The highest BCUT2D eigenvalue weighted by Gasteiger charge is 2.10. The van der Waals surface area contributed by atoms with E-state index in [0.717, 1.165) is 5.56 Å². The standard InChI is InChI=1S/C10H12N2O4/c1-2-9-5-8(6-11(13)14)3-4-10(9)7-12(15)16/h3-5H,2,6-7H2,1H3. The van der Waals surface area contributed by atoms with E-state index in [4.69, 9.17) is 0 Å². The molecule has 0 saturated heterocycles. The topological polar surface area (TPSA) is 86.3 Å². The molecule has 0 amide bonds. The normalized spacial score (nSPS) is 10.1. The van der Waals surface area contributed by atoms with Crippen molar-refractivity contribution >= 4 is 0 Å². The fraction of sp³-hybridized carbons (Fsp3) is 0.400. The van der Waals surface area contributed by atoms with Gasteiger partial charge in [0.25, 0.3) is 0 Å². The van der Waals surface area contributed by atoms with Crippen LogP contribution in [0.4, 0.5) is 0 Å². The summed E-state index contributed by atoms with van der Waals surface area (Å²) in [5, 5.41) is 20.7. The van der Waals surface area contributed by atoms with Crippen LogP contribution < -0.4 is 0 Å². The fourth-order valence-corrected chi connectivity index (χ4v) is 1.55. The van der Waals surface area contributed by atoms with Gasteiger partial charge in [-0.15, -0.1) is 0 Å². The first kappa shape index (κ1) is 12.1. The second-order valence-electron chi connectivity index (χ2n) is 3.44. The van der Waals surface area contributed by atoms with E-state index in [2.05, 4.69) is 0 Å². The Kier molecular flexibility index (Phi) is 3.93. The van der Waals surface area contributed by atoms with Gasteiger partial charge in [-0.05, 0) is 18.1 Å². The number of rotatable bonds is 5. The Hall–Kier alpha value is -1.98. The van der Waals surface area contributed by atoms with Gasteiger partial charge in [0.2, 0.25) is 13.1 Å². The molecular weight excluding hydrogens is 212 g/mol. The third kappa shape index (κ3) is 3.30. The van der Waals surface area contributed by atoms with Gasteiger partial charge in [0, 0.05) is 21.0 Å². The monoisotopic (exact) mass is 224 g/mol. The number of hydrogen-bond acceptors (Lipinski definition) is 4. The van der Waals surface area contributed by atoms with E-state index in [1.807, 2.05) is 6.92 Å². The zero-order chi connectivity index (χ0) is 12.1. The van der Waals surface area contributed by atoms with Gasteiger partial charge in [-0.3, -0.25) is 20.2 Å². The van der Waals surface area contributed by atoms with Crippen LogP contribution in [0.5, 0.6) is 0 Å². The summed E-state index contributed by atoms with van der Waals surface area (Å²) in [7, 11) is 0. The Morgan fingerprint density at radius 2 is 1.69 bits per heavy atom. The van der Waals surface area contributed by atoms with Crippen molar-refractivity contribution in [1.29, 1.82) is 0 Å². The lowest BCUT2D eigenvalue weighted by Crippen LogP contribution is -2.04. The molecule has 0 aromatic heterocycles. The lowest BCUT2D eigenvalue weighted by atomic mass is 10.0. The Labute approximate surface area is 92.2 Å². The van der Waals surface area contributed by atoms with E-state index in [9.17, 15) is 20.2 Å². The molecule has 86 valence electrons. The molecule has 0 spiro atoms. The molecule has 0 heterocycles. The van der Waals surface area contributed by atoms with Crippen LogP contribution in [-0.4, -0.2) is 9.85 Å². The van der Waals surface area contributed by atoms with Gasteiger partial charge in [-0.2, -0.15) is 0 Å². The van der Waals surface area contributed by atoms with E-state index in [-0.39, 0.29) is 13.1 Å². The highest BCUT2D eigenvalue weighted by Crippen LogP contribution is 2.14. The van der Waals surface area contributed by atoms with Crippen LogP contribution in [0, 0.1) is 20.2 Å². The van der Waals surface area contributed by atoms with Crippen LogP contribution in [0.25, 0.3) is 0 Å². The van der Waals surface area contributed by atoms with E-state index < -0.39 is 9.85 Å². The zero-order valence-corrected chi connectivity index (χ0v) is 8.88. The minimum absolute atomic E-state index is 0.234. The number of benzene rings is 1. The summed E-state index contributed by atoms with van der Waals surface area (Å²) in [6, 6.07) is 4.84. The highest BCUT2D eigenvalue weighted by molar-refractivity contribution is 5.31. The SMILES string of the molecule is CCc1cc(C[N+](=O)[O-])ccc1C[N+](=O)[O-]. The molecule has 0 unspecified atom stereocenters. The van der Waals surface area contributed by atoms with E-state index in [1.165, 1.54) is 0 Å². The van der Waals surface area contributed by atoms with Crippen LogP contribution >= 0.6 is 0 Å². The van der Waals surface area contributed by atoms with Crippen LogP contribution in [0.1, 0.15) is 23.6 Å². The van der Waals surface area contributed by atoms with Gasteiger partial charge in [0.15, 0.2) is 0 Å². The summed E-state index contributed by atoms with van der Waals surface area (Å²) < 4.78 is 0. The number of aryl methyl sites for hydroxylation is 1. The number of nitrogens with zero attached hydrogens (tertiary/aromatic N) is 2. The van der Waals surface area contributed by atoms with E-state index in [0.29, 0.717) is 17.5 Å². The van der Waals surface area contributed by atoms with Crippen molar-refractivity contribution in [3.8, 4) is 0 Å². The molecule has 1 aromatic rings. The Morgan fingerprint density at radius 1 is 1.06 bits per heavy atom. The predicted octanol–water partition coefficient (Wildman–Crippen LogP) is 1.80. The molecule has 0 bridgehead atoms. The third-order valence-electron chi connectivity index (χ3n) is 2.26. The summed E-state index contributed by atoms with van der Waals surface area (Å²) >= 11 is 0. The van der Waals surface area contributed by atoms with Crippen molar-refractivity contribution in [3.63, 3.8) is 0 Å². The maximum atomic E-state index is 10.4. The van der Waals surface area contributed by atoms with Crippen LogP contribution in [0.3, 0.4) is 0 Å². The molecule has 16 heavy (non-hydrogen) atoms. The van der Waals surface area contributed by atoms with Gasteiger partial charge in [-0.25, -0.2) is 0 Å². The molecule has 1 rings (SSSR count). The lowest BCUT2D eigenvalue weighted by Gasteiger charge is -2.05. The van der Waals surface area contributed by atoms with Gasteiger partial charge in [-0.1, -0.05) is 19.1 Å². The molecular formula is C10H12N2O4. The van der Waals surface area contributed by atoms with Crippen molar-refractivity contribution in [2.75, 3.05) is 0 Å². The molecule has 1 aromatic carbocycles. The largest absolute Gasteiger partial charge is 0.264 e. The van der Waals surface area contributed by atoms with Crippen LogP contribution in [0.2, 0.25) is 0 Å². The van der Waals surface area contributed by atoms with E-state index >= 15 is 0 Å². The molecule has 0 saturated carbocycles. The Balaban J connectivity index is 2.96. The van der Waals surface area contributed by atoms with Crippen molar-refractivity contribution in [3.05, 3.63) is 55.1 Å². The van der Waals surface area contributed by atoms with Gasteiger partial charge in [0.1, 0.15) is 0 Å². The molecule has 6 heteroatoms. The molecule has 0 aliphatic heterocycles. The zero-order valence-electron chi connectivity index (χ0n) is 8.88. The van der Waals surface area contributed by atoms with Crippen LogP contribution in [0.15, 0.2) is 18.2 Å². The second kappa shape index (κ2) is 5.20. The molecule has 0 atom stereocenters. The average Bonchev–Trinajstić information content (AvgIpc) is 2.18. The number of hydrogen-bond donors (Lipinski definition) is 0. The smallest absolute Gasteiger partial charge is 0.229 e. The van der Waals surface area contributed by atoms with Crippen molar-refractivity contribution in [2.45, 2.75) is 26.4 Å². The predicted molar refractivity (Wildman–Crippen MR) is 57.2 cm³/mol. The first-order valence-corrected chi connectivity index (χ1v) is 4.87. The first-order chi connectivity index (χ1) is 7.52. The van der Waals surface area contributed by atoms with Gasteiger partial charge in [0.05, 0.1) is 0 Å². The molecule has 0 aliphatic carbocycles. The van der Waals surface area contributed by atoms with Gasteiger partial charge < -0.3 is 0 Å². The summed E-state index contributed by atoms with van der Waals surface area (Å²) in [6.45, 7) is 1.39. The lowest BCUT2D eigenvalue weighted by molar-refractivity contribution is -0.497. The summed E-state index contributed by atoms with van der Waals surface area (Å²) in [4.78, 5) is 19.9. The van der Waals surface area contributed by atoms with Crippen molar-refractivity contribution < 1.29 is 9.85 Å². The van der Waals surface area contributed by atoms with Crippen molar-refractivity contribution in [1.82, 2.24) is 0 Å². The maximum absolute atomic E-state index is 10.4. The maximum Gasteiger partial charge on any atom is 0.229 e. The highest BCUT2D eigenvalue weighted by atomic mass is 16.6. The first-order valence-electron chi connectivity index (χ1n) is 4.87.